The molecule has 1 atom stereocenters. The molecule has 1 aliphatic heterocycles. The lowest BCUT2D eigenvalue weighted by Gasteiger charge is -2.16. The second-order valence-corrected chi connectivity index (χ2v) is 6.80. The van der Waals surface area contributed by atoms with Crippen LogP contribution >= 0.6 is 11.6 Å². The summed E-state index contributed by atoms with van der Waals surface area (Å²) in [4.78, 5) is 39.7. The number of carbonyl (C=O) groups is 1. The molecule has 30 heavy (non-hydrogen) atoms. The number of H-pyrrole nitrogens is 1. The highest BCUT2D eigenvalue weighted by Crippen LogP contribution is 2.45. The average Bonchev–Trinajstić information content (AvgIpc) is 3.04. The molecule has 9 nitrogen and oxygen atoms in total. The fourth-order valence-corrected chi connectivity index (χ4v) is 3.55. The fourth-order valence-electron chi connectivity index (χ4n) is 3.42. The van der Waals surface area contributed by atoms with Crippen LogP contribution in [0.5, 0.6) is 17.4 Å². The summed E-state index contributed by atoms with van der Waals surface area (Å²) in [5, 5.41) is 11.3. The second-order valence-electron chi connectivity index (χ2n) is 6.36. The molecule has 0 fully saturated rings. The van der Waals surface area contributed by atoms with Crippen LogP contribution in [-0.2, 0) is 4.74 Å². The molecule has 1 aromatic heterocycles. The van der Waals surface area contributed by atoms with E-state index in [1.165, 1.54) is 44.6 Å². The molecule has 3 aromatic rings. The Morgan fingerprint density at radius 1 is 1.07 bits per heavy atom. The number of rotatable bonds is 4. The van der Waals surface area contributed by atoms with Crippen molar-refractivity contribution in [3.8, 4) is 23.1 Å². The summed E-state index contributed by atoms with van der Waals surface area (Å²) in [6.45, 7) is 0. The van der Waals surface area contributed by atoms with Crippen molar-refractivity contribution in [1.82, 2.24) is 9.55 Å². The molecule has 0 spiro atoms. The fraction of sp³-hybridized carbons (Fsp3) is 0.150. The van der Waals surface area contributed by atoms with E-state index in [1.54, 1.807) is 6.07 Å². The Bertz CT molecular complexity index is 1280. The number of esters is 1. The molecule has 0 saturated heterocycles. The van der Waals surface area contributed by atoms with Gasteiger partial charge in [0.1, 0.15) is 11.1 Å². The van der Waals surface area contributed by atoms with Crippen molar-refractivity contribution < 1.29 is 24.1 Å². The molecule has 4 rings (SSSR count). The van der Waals surface area contributed by atoms with Crippen molar-refractivity contribution in [2.45, 2.75) is 6.10 Å². The van der Waals surface area contributed by atoms with Crippen LogP contribution in [0.15, 0.2) is 46.0 Å². The largest absolute Gasteiger partial charge is 0.494 e. The molecule has 0 saturated carbocycles. The third kappa shape index (κ3) is 2.91. The Balaban J connectivity index is 1.95. The topological polar surface area (TPSA) is 120 Å². The van der Waals surface area contributed by atoms with Crippen molar-refractivity contribution in [3.63, 3.8) is 0 Å². The number of aromatic amines is 1. The smallest absolute Gasteiger partial charge is 0.343 e. The first kappa shape index (κ1) is 19.6. The van der Waals surface area contributed by atoms with E-state index in [0.29, 0.717) is 16.3 Å². The van der Waals surface area contributed by atoms with Crippen molar-refractivity contribution in [3.05, 3.63) is 78.9 Å². The van der Waals surface area contributed by atoms with Crippen molar-refractivity contribution in [2.75, 3.05) is 14.2 Å². The predicted octanol–water partition coefficient (Wildman–Crippen LogP) is 2.16. The third-order valence-corrected chi connectivity index (χ3v) is 5.01. The molecule has 0 unspecified atom stereocenters. The van der Waals surface area contributed by atoms with E-state index in [-0.39, 0.29) is 22.6 Å². The van der Waals surface area contributed by atoms with E-state index in [9.17, 15) is 19.5 Å². The minimum Gasteiger partial charge on any atom is -0.494 e. The zero-order valence-electron chi connectivity index (χ0n) is 15.8. The highest BCUT2D eigenvalue weighted by atomic mass is 35.5. The summed E-state index contributed by atoms with van der Waals surface area (Å²) in [6.07, 6.45) is -1.25. The van der Waals surface area contributed by atoms with Gasteiger partial charge in [0, 0.05) is 10.6 Å². The Labute approximate surface area is 174 Å². The zero-order chi connectivity index (χ0) is 21.6. The molecule has 2 heterocycles. The molecule has 2 aromatic carbocycles. The number of aromatic nitrogens is 2. The highest BCUT2D eigenvalue weighted by molar-refractivity contribution is 6.30. The van der Waals surface area contributed by atoms with Gasteiger partial charge in [0.25, 0.3) is 5.56 Å². The van der Waals surface area contributed by atoms with Crippen LogP contribution in [0.1, 0.15) is 27.6 Å². The number of hydrogen-bond acceptors (Lipinski definition) is 7. The van der Waals surface area contributed by atoms with E-state index in [4.69, 9.17) is 25.8 Å². The molecule has 2 N–H and O–H groups in total. The van der Waals surface area contributed by atoms with Gasteiger partial charge in [-0.15, -0.1) is 0 Å². The van der Waals surface area contributed by atoms with Crippen LogP contribution in [0, 0.1) is 0 Å². The molecule has 0 aliphatic carbocycles. The van der Waals surface area contributed by atoms with Crippen LogP contribution in [0.2, 0.25) is 5.02 Å². The number of hydrogen-bond donors (Lipinski definition) is 2. The molecular weight excluding hydrogens is 416 g/mol. The normalized spacial score (nSPS) is 14.9. The maximum absolute atomic E-state index is 12.6. The lowest BCUT2D eigenvalue weighted by Crippen LogP contribution is -2.32. The van der Waals surface area contributed by atoms with Gasteiger partial charge in [0.05, 0.1) is 19.9 Å². The van der Waals surface area contributed by atoms with Gasteiger partial charge < -0.3 is 19.3 Å². The van der Waals surface area contributed by atoms with Crippen molar-refractivity contribution in [2.24, 2.45) is 0 Å². The summed E-state index contributed by atoms with van der Waals surface area (Å²) in [7, 11) is 2.78. The molecule has 10 heteroatoms. The van der Waals surface area contributed by atoms with Crippen LogP contribution < -0.4 is 20.7 Å². The minimum atomic E-state index is -1.25. The Hall–Kier alpha value is -3.72. The van der Waals surface area contributed by atoms with Gasteiger partial charge in [-0.3, -0.25) is 9.78 Å². The lowest BCUT2D eigenvalue weighted by atomic mass is 9.99. The van der Waals surface area contributed by atoms with Gasteiger partial charge in [-0.2, -0.15) is 0 Å². The Morgan fingerprint density at radius 2 is 1.77 bits per heavy atom. The van der Waals surface area contributed by atoms with Crippen molar-refractivity contribution in [1.29, 1.82) is 0 Å². The number of methoxy groups -OCH3 is 2. The average molecular weight is 431 g/mol. The van der Waals surface area contributed by atoms with Crippen LogP contribution in [-0.4, -0.2) is 34.8 Å². The molecule has 1 aliphatic rings. The van der Waals surface area contributed by atoms with Gasteiger partial charge in [-0.05, 0) is 30.3 Å². The maximum atomic E-state index is 12.6. The number of benzene rings is 2. The number of carbonyl (C=O) groups excluding carboxylic acids is 1. The summed E-state index contributed by atoms with van der Waals surface area (Å²) in [6, 6.07) is 9.11. The number of halogens is 1. The standard InChI is InChI=1S/C20H15ClN2O7/c1-28-12-8-7-11-13(16(12)29-2)19(26)30-15(11)14-17(24)22-20(27)23(18(14)25)10-5-3-9(21)4-6-10/h3-8,15,25H,1-2H3,(H,22,24,27)/t15-/m0/s1. The first-order valence-corrected chi connectivity index (χ1v) is 9.05. The second kappa shape index (κ2) is 7.27. The quantitative estimate of drug-likeness (QED) is 0.608. The number of fused-ring (bicyclic) bond motifs is 1. The predicted molar refractivity (Wildman–Crippen MR) is 106 cm³/mol. The van der Waals surface area contributed by atoms with Gasteiger partial charge >= 0.3 is 11.7 Å². The lowest BCUT2D eigenvalue weighted by molar-refractivity contribution is 0.0447. The van der Waals surface area contributed by atoms with E-state index in [1.807, 2.05) is 0 Å². The number of aromatic hydroxyl groups is 1. The number of ether oxygens (including phenoxy) is 3. The van der Waals surface area contributed by atoms with Gasteiger partial charge in [-0.25, -0.2) is 14.2 Å². The summed E-state index contributed by atoms with van der Waals surface area (Å²) in [5.74, 6) is -0.970. The van der Waals surface area contributed by atoms with Crippen LogP contribution in [0.3, 0.4) is 0 Å². The van der Waals surface area contributed by atoms with Crippen LogP contribution in [0.25, 0.3) is 5.69 Å². The molecule has 0 radical (unpaired) electrons. The molecule has 0 amide bonds. The summed E-state index contributed by atoms with van der Waals surface area (Å²) < 4.78 is 16.7. The first-order chi connectivity index (χ1) is 14.4. The number of nitrogens with zero attached hydrogens (tertiary/aromatic N) is 1. The molecule has 154 valence electrons. The number of nitrogens with one attached hydrogen (secondary N) is 1. The first-order valence-electron chi connectivity index (χ1n) is 8.67. The third-order valence-electron chi connectivity index (χ3n) is 4.76. The number of cyclic esters (lactones) is 1. The van der Waals surface area contributed by atoms with Gasteiger partial charge in [0.15, 0.2) is 17.6 Å². The monoisotopic (exact) mass is 430 g/mol. The Morgan fingerprint density at radius 3 is 2.40 bits per heavy atom. The van der Waals surface area contributed by atoms with Crippen LogP contribution in [0.4, 0.5) is 0 Å². The summed E-state index contributed by atoms with van der Waals surface area (Å²) >= 11 is 5.88. The van der Waals surface area contributed by atoms with E-state index in [2.05, 4.69) is 4.98 Å². The Kier molecular flexibility index (Phi) is 4.75. The van der Waals surface area contributed by atoms with E-state index < -0.39 is 29.2 Å². The van der Waals surface area contributed by atoms with Crippen molar-refractivity contribution >= 4 is 17.6 Å². The molecular formula is C20H15ClN2O7. The van der Waals surface area contributed by atoms with E-state index in [0.717, 1.165) is 4.57 Å². The minimum absolute atomic E-state index is 0.0740. The van der Waals surface area contributed by atoms with Gasteiger partial charge in [0.2, 0.25) is 5.88 Å². The van der Waals surface area contributed by atoms with E-state index >= 15 is 0 Å². The zero-order valence-corrected chi connectivity index (χ0v) is 16.5. The van der Waals surface area contributed by atoms with Gasteiger partial charge in [-0.1, -0.05) is 17.7 Å². The SMILES string of the molecule is COc1ccc2c(c1OC)C(=O)O[C@@H]2c1c(O)n(-c2ccc(Cl)cc2)c(=O)[nH]c1=O. The summed E-state index contributed by atoms with van der Waals surface area (Å²) in [5.41, 5.74) is -1.42. The highest BCUT2D eigenvalue weighted by Gasteiger charge is 2.40. The molecule has 0 bridgehead atoms. The maximum Gasteiger partial charge on any atom is 0.343 e.